The smallest absolute Gasteiger partial charge is 0.319 e. The number of urea groups is 1. The van der Waals surface area contributed by atoms with E-state index in [1.165, 1.54) is 6.92 Å². The molecule has 2 aromatic rings. The Bertz CT molecular complexity index is 796. The predicted octanol–water partition coefficient (Wildman–Crippen LogP) is 2.99. The van der Waals surface area contributed by atoms with Gasteiger partial charge in [-0.1, -0.05) is 0 Å². The van der Waals surface area contributed by atoms with Crippen molar-refractivity contribution < 1.29 is 18.4 Å². The lowest BCUT2D eigenvalue weighted by atomic mass is 10.1. The summed E-state index contributed by atoms with van der Waals surface area (Å²) >= 11 is 0. The van der Waals surface area contributed by atoms with Gasteiger partial charge in [-0.05, 0) is 36.6 Å². The topological polar surface area (TPSA) is 83.1 Å². The Kier molecular flexibility index (Phi) is 5.99. The number of carbonyl (C=O) groups is 2. The molecule has 2 rings (SSSR count). The van der Waals surface area contributed by atoms with Crippen molar-refractivity contribution in [3.8, 4) is 0 Å². The number of aromatic nitrogens is 1. The number of pyridine rings is 1. The summed E-state index contributed by atoms with van der Waals surface area (Å²) in [6.45, 7) is 3.45. The summed E-state index contributed by atoms with van der Waals surface area (Å²) in [5.41, 5.74) is 1.60. The zero-order chi connectivity index (χ0) is 18.4. The Morgan fingerprint density at radius 1 is 1.12 bits per heavy atom. The lowest BCUT2D eigenvalue weighted by Crippen LogP contribution is -2.31. The van der Waals surface area contributed by atoms with Crippen LogP contribution in [0.15, 0.2) is 30.6 Å². The Morgan fingerprint density at radius 3 is 2.44 bits per heavy atom. The highest BCUT2D eigenvalue weighted by Crippen LogP contribution is 2.23. The Balaban J connectivity index is 1.96. The number of aryl methyl sites for hydroxylation is 1. The standard InChI is InChI=1S/C17H18F2N4O2/c1-10-9-20-5-3-12(10)4-6-21-17(25)23-16-8-15(22-11(2)24)13(18)7-14(16)19/h3,5,7-9H,4,6H2,1-2H3,(H,22,24)(H2,21,23,25). The molecule has 6 nitrogen and oxygen atoms in total. The van der Waals surface area contributed by atoms with Crippen LogP contribution in [0.3, 0.4) is 0 Å². The molecule has 1 heterocycles. The normalized spacial score (nSPS) is 10.2. The van der Waals surface area contributed by atoms with Crippen LogP contribution >= 0.6 is 0 Å². The molecule has 132 valence electrons. The maximum absolute atomic E-state index is 13.8. The SMILES string of the molecule is CC(=O)Nc1cc(NC(=O)NCCc2ccncc2C)c(F)cc1F. The Hall–Kier alpha value is -3.03. The van der Waals surface area contributed by atoms with Crippen molar-refractivity contribution in [2.45, 2.75) is 20.3 Å². The van der Waals surface area contributed by atoms with Gasteiger partial charge in [-0.3, -0.25) is 9.78 Å². The third-order valence-electron chi connectivity index (χ3n) is 3.43. The van der Waals surface area contributed by atoms with Crippen molar-refractivity contribution >= 4 is 23.3 Å². The van der Waals surface area contributed by atoms with Gasteiger partial charge in [0.25, 0.3) is 0 Å². The van der Waals surface area contributed by atoms with Gasteiger partial charge in [0.15, 0.2) is 0 Å². The summed E-state index contributed by atoms with van der Waals surface area (Å²) in [5.74, 6) is -2.37. The molecular weight excluding hydrogens is 330 g/mol. The predicted molar refractivity (Wildman–Crippen MR) is 90.4 cm³/mol. The number of halogens is 2. The molecule has 0 atom stereocenters. The van der Waals surface area contributed by atoms with Crippen molar-refractivity contribution in [3.63, 3.8) is 0 Å². The van der Waals surface area contributed by atoms with Crippen LogP contribution in [0.5, 0.6) is 0 Å². The fourth-order valence-electron chi connectivity index (χ4n) is 2.19. The molecule has 3 N–H and O–H groups in total. The largest absolute Gasteiger partial charge is 0.338 e. The van der Waals surface area contributed by atoms with Crippen LogP contribution < -0.4 is 16.0 Å². The molecule has 0 aliphatic heterocycles. The second-order valence-corrected chi connectivity index (χ2v) is 5.43. The first-order valence-electron chi connectivity index (χ1n) is 7.58. The van der Waals surface area contributed by atoms with Crippen LogP contribution in [0.4, 0.5) is 25.0 Å². The van der Waals surface area contributed by atoms with Crippen LogP contribution in [0, 0.1) is 18.6 Å². The number of carbonyl (C=O) groups excluding carboxylic acids is 2. The molecule has 0 fully saturated rings. The third kappa shape index (κ3) is 5.23. The quantitative estimate of drug-likeness (QED) is 0.777. The lowest BCUT2D eigenvalue weighted by molar-refractivity contribution is -0.114. The molecular formula is C17H18F2N4O2. The van der Waals surface area contributed by atoms with E-state index >= 15 is 0 Å². The fraction of sp³-hybridized carbons (Fsp3) is 0.235. The highest BCUT2D eigenvalue weighted by molar-refractivity contribution is 5.92. The Labute approximate surface area is 143 Å². The van der Waals surface area contributed by atoms with Gasteiger partial charge in [-0.2, -0.15) is 0 Å². The zero-order valence-corrected chi connectivity index (χ0v) is 13.8. The van der Waals surface area contributed by atoms with E-state index in [2.05, 4.69) is 20.9 Å². The minimum absolute atomic E-state index is 0.211. The monoisotopic (exact) mass is 348 g/mol. The van der Waals surface area contributed by atoms with Gasteiger partial charge in [0.2, 0.25) is 5.91 Å². The van der Waals surface area contributed by atoms with E-state index in [-0.39, 0.29) is 11.4 Å². The molecule has 0 aliphatic rings. The molecule has 0 radical (unpaired) electrons. The maximum Gasteiger partial charge on any atom is 0.319 e. The van der Waals surface area contributed by atoms with Crippen LogP contribution in [0.25, 0.3) is 0 Å². The van der Waals surface area contributed by atoms with Crippen molar-refractivity contribution in [1.29, 1.82) is 0 Å². The molecule has 0 saturated heterocycles. The van der Waals surface area contributed by atoms with E-state index in [1.54, 1.807) is 12.4 Å². The van der Waals surface area contributed by atoms with Crippen LogP contribution in [0.2, 0.25) is 0 Å². The number of hydrogen-bond donors (Lipinski definition) is 3. The van der Waals surface area contributed by atoms with Gasteiger partial charge in [-0.15, -0.1) is 0 Å². The van der Waals surface area contributed by atoms with Crippen LogP contribution in [-0.4, -0.2) is 23.5 Å². The van der Waals surface area contributed by atoms with Gasteiger partial charge in [0.05, 0.1) is 11.4 Å². The van der Waals surface area contributed by atoms with Gasteiger partial charge in [-0.25, -0.2) is 13.6 Å². The minimum Gasteiger partial charge on any atom is -0.338 e. The number of anilines is 2. The van der Waals surface area contributed by atoms with E-state index in [0.29, 0.717) is 19.0 Å². The molecule has 8 heteroatoms. The first-order chi connectivity index (χ1) is 11.9. The highest BCUT2D eigenvalue weighted by atomic mass is 19.1. The van der Waals surface area contributed by atoms with Gasteiger partial charge in [0.1, 0.15) is 11.6 Å². The number of rotatable bonds is 5. The summed E-state index contributed by atoms with van der Waals surface area (Å²) in [5, 5.41) is 7.11. The van der Waals surface area contributed by atoms with Crippen molar-refractivity contribution in [3.05, 3.63) is 53.4 Å². The average Bonchev–Trinajstić information content (AvgIpc) is 2.53. The van der Waals surface area contributed by atoms with Crippen molar-refractivity contribution in [2.75, 3.05) is 17.2 Å². The molecule has 0 aliphatic carbocycles. The van der Waals surface area contributed by atoms with Crippen molar-refractivity contribution in [2.24, 2.45) is 0 Å². The molecule has 0 spiro atoms. The van der Waals surface area contributed by atoms with E-state index in [1.807, 2.05) is 13.0 Å². The first-order valence-corrected chi connectivity index (χ1v) is 7.58. The van der Waals surface area contributed by atoms with Crippen LogP contribution in [-0.2, 0) is 11.2 Å². The second-order valence-electron chi connectivity index (χ2n) is 5.43. The second kappa shape index (κ2) is 8.18. The van der Waals surface area contributed by atoms with Crippen molar-refractivity contribution in [1.82, 2.24) is 10.3 Å². The molecule has 0 bridgehead atoms. The number of nitrogens with one attached hydrogen (secondary N) is 3. The Morgan fingerprint density at radius 2 is 1.80 bits per heavy atom. The van der Waals surface area contributed by atoms with Crippen LogP contribution in [0.1, 0.15) is 18.1 Å². The third-order valence-corrected chi connectivity index (χ3v) is 3.43. The number of hydrogen-bond acceptors (Lipinski definition) is 3. The number of benzene rings is 1. The molecule has 0 unspecified atom stereocenters. The van der Waals surface area contributed by atoms with E-state index in [4.69, 9.17) is 0 Å². The molecule has 1 aromatic carbocycles. The first kappa shape index (κ1) is 18.3. The molecule has 0 saturated carbocycles. The number of nitrogens with zero attached hydrogens (tertiary/aromatic N) is 1. The van der Waals surface area contributed by atoms with Gasteiger partial charge < -0.3 is 16.0 Å². The van der Waals surface area contributed by atoms with Gasteiger partial charge in [0, 0.05) is 31.9 Å². The highest BCUT2D eigenvalue weighted by Gasteiger charge is 2.13. The number of amides is 3. The molecule has 1 aromatic heterocycles. The van der Waals surface area contributed by atoms with E-state index < -0.39 is 23.6 Å². The summed E-state index contributed by atoms with van der Waals surface area (Å²) in [4.78, 5) is 26.9. The fourth-order valence-corrected chi connectivity index (χ4v) is 2.19. The van der Waals surface area contributed by atoms with E-state index in [0.717, 1.165) is 17.2 Å². The average molecular weight is 348 g/mol. The zero-order valence-electron chi connectivity index (χ0n) is 13.8. The minimum atomic E-state index is -0.938. The maximum atomic E-state index is 13.8. The lowest BCUT2D eigenvalue weighted by Gasteiger charge is -2.11. The molecule has 3 amide bonds. The van der Waals surface area contributed by atoms with E-state index in [9.17, 15) is 18.4 Å². The summed E-state index contributed by atoms with van der Waals surface area (Å²) in [6, 6.07) is 2.85. The van der Waals surface area contributed by atoms with Gasteiger partial charge >= 0.3 is 6.03 Å². The molecule has 25 heavy (non-hydrogen) atoms. The summed E-state index contributed by atoms with van der Waals surface area (Å²) in [6.07, 6.45) is 3.98. The summed E-state index contributed by atoms with van der Waals surface area (Å²) in [7, 11) is 0. The summed E-state index contributed by atoms with van der Waals surface area (Å²) < 4.78 is 27.3.